The molecule has 0 atom stereocenters. The Balaban J connectivity index is 1.52. The highest BCUT2D eigenvalue weighted by Crippen LogP contribution is 2.32. The van der Waals surface area contributed by atoms with Crippen LogP contribution in [0.2, 0.25) is 0 Å². The van der Waals surface area contributed by atoms with Crippen LogP contribution in [-0.2, 0) is 0 Å². The fourth-order valence-electron chi connectivity index (χ4n) is 3.72. The predicted molar refractivity (Wildman–Crippen MR) is 138 cm³/mol. The number of fused-ring (bicyclic) bond motifs is 1. The molecule has 2 aromatic carbocycles. The lowest BCUT2D eigenvalue weighted by molar-refractivity contribution is -0.385. The van der Waals surface area contributed by atoms with E-state index in [4.69, 9.17) is 0 Å². The fourth-order valence-corrected chi connectivity index (χ4v) is 4.59. The number of alkyl halides is 2. The maximum atomic E-state index is 13.9. The van der Waals surface area contributed by atoms with Crippen molar-refractivity contribution in [1.82, 2.24) is 19.6 Å². The number of carbonyl (C=O) groups is 1. The van der Waals surface area contributed by atoms with Crippen LogP contribution in [0.1, 0.15) is 28.0 Å². The van der Waals surface area contributed by atoms with E-state index in [9.17, 15) is 23.7 Å². The van der Waals surface area contributed by atoms with Gasteiger partial charge in [0.2, 0.25) is 0 Å². The summed E-state index contributed by atoms with van der Waals surface area (Å²) in [4.78, 5) is 33.3. The number of benzene rings is 2. The monoisotopic (exact) mass is 532 g/mol. The third kappa shape index (κ3) is 5.20. The molecule has 0 saturated carbocycles. The molecule has 0 saturated heterocycles. The molecule has 38 heavy (non-hydrogen) atoms. The molecule has 1 N–H and O–H groups in total. The number of nitro groups is 1. The molecule has 0 aliphatic carbocycles. The molecular formula is C26H18F2N6O3S. The van der Waals surface area contributed by atoms with E-state index < -0.39 is 22.9 Å². The van der Waals surface area contributed by atoms with Gasteiger partial charge in [0.05, 0.1) is 16.8 Å². The lowest BCUT2D eigenvalue weighted by Crippen LogP contribution is -2.13. The number of anilines is 1. The molecule has 0 unspecified atom stereocenters. The highest BCUT2D eigenvalue weighted by atomic mass is 32.2. The van der Waals surface area contributed by atoms with Crippen molar-refractivity contribution in [3.8, 4) is 11.3 Å². The van der Waals surface area contributed by atoms with Crippen LogP contribution >= 0.6 is 11.8 Å². The predicted octanol–water partition coefficient (Wildman–Crippen LogP) is 6.35. The molecule has 0 aliphatic rings. The Morgan fingerprint density at radius 2 is 1.89 bits per heavy atom. The first kappa shape index (κ1) is 25.0. The average molecular weight is 533 g/mol. The first-order chi connectivity index (χ1) is 18.3. The van der Waals surface area contributed by atoms with Gasteiger partial charge in [0.25, 0.3) is 18.0 Å². The molecule has 3 heterocycles. The number of amides is 1. The summed E-state index contributed by atoms with van der Waals surface area (Å²) in [6, 6.07) is 17.8. The van der Waals surface area contributed by atoms with Crippen molar-refractivity contribution in [3.05, 3.63) is 106 Å². The summed E-state index contributed by atoms with van der Waals surface area (Å²) in [6.07, 6.45) is -0.133. The maximum Gasteiger partial charge on any atom is 0.280 e. The van der Waals surface area contributed by atoms with Gasteiger partial charge < -0.3 is 5.32 Å². The lowest BCUT2D eigenvalue weighted by Gasteiger charge is -2.10. The molecule has 190 valence electrons. The van der Waals surface area contributed by atoms with Crippen LogP contribution in [-0.4, -0.2) is 30.4 Å². The van der Waals surface area contributed by atoms with Crippen LogP contribution in [0.25, 0.3) is 16.9 Å². The Bertz CT molecular complexity index is 1660. The second-order valence-electron chi connectivity index (χ2n) is 8.22. The van der Waals surface area contributed by atoms with E-state index in [1.54, 1.807) is 42.6 Å². The largest absolute Gasteiger partial charge is 0.322 e. The molecule has 3 aromatic heterocycles. The molecular weight excluding hydrogens is 514 g/mol. The first-order valence-electron chi connectivity index (χ1n) is 11.2. The number of nitrogens with zero attached hydrogens (tertiary/aromatic N) is 5. The standard InChI is InChI=1S/C26H18F2N6O3S/c1-15-5-7-16(8-6-15)21-13-22(24(27)28)33-25(32-21)20(14-30-33)26(35)31-17-10-18(34(36)37)12-19(11-17)38-23-4-2-3-9-29-23/h2-14,24H,1H3,(H,31,35). The summed E-state index contributed by atoms with van der Waals surface area (Å²) in [5.41, 5.74) is 1.20. The van der Waals surface area contributed by atoms with Gasteiger partial charge in [-0.05, 0) is 31.2 Å². The van der Waals surface area contributed by atoms with Gasteiger partial charge in [-0.3, -0.25) is 14.9 Å². The van der Waals surface area contributed by atoms with Gasteiger partial charge in [-0.1, -0.05) is 47.7 Å². The number of pyridine rings is 1. The molecule has 0 bridgehead atoms. The van der Waals surface area contributed by atoms with E-state index in [-0.39, 0.29) is 28.3 Å². The van der Waals surface area contributed by atoms with Gasteiger partial charge in [0, 0.05) is 34.5 Å². The number of aromatic nitrogens is 4. The van der Waals surface area contributed by atoms with Crippen molar-refractivity contribution in [2.45, 2.75) is 23.3 Å². The Kier molecular flexibility index (Phi) is 6.79. The maximum absolute atomic E-state index is 13.9. The minimum absolute atomic E-state index is 0.0636. The van der Waals surface area contributed by atoms with Crippen LogP contribution in [0.4, 0.5) is 20.2 Å². The van der Waals surface area contributed by atoms with Gasteiger partial charge in [-0.15, -0.1) is 0 Å². The number of nitro benzene ring substituents is 1. The summed E-state index contributed by atoms with van der Waals surface area (Å²) in [5, 5.41) is 18.7. The van der Waals surface area contributed by atoms with Gasteiger partial charge >= 0.3 is 0 Å². The van der Waals surface area contributed by atoms with Gasteiger partial charge in [-0.2, -0.15) is 5.10 Å². The highest BCUT2D eigenvalue weighted by molar-refractivity contribution is 7.99. The lowest BCUT2D eigenvalue weighted by atomic mass is 10.1. The molecule has 0 spiro atoms. The molecule has 1 amide bonds. The molecule has 5 rings (SSSR count). The normalized spacial score (nSPS) is 11.2. The van der Waals surface area contributed by atoms with Gasteiger partial charge in [0.1, 0.15) is 16.3 Å². The number of carbonyl (C=O) groups excluding carboxylic acids is 1. The van der Waals surface area contributed by atoms with Crippen LogP contribution < -0.4 is 5.32 Å². The summed E-state index contributed by atoms with van der Waals surface area (Å²) < 4.78 is 28.7. The summed E-state index contributed by atoms with van der Waals surface area (Å²) >= 11 is 1.19. The molecule has 0 aliphatic heterocycles. The average Bonchev–Trinajstić information content (AvgIpc) is 3.33. The van der Waals surface area contributed by atoms with Crippen molar-refractivity contribution in [2.24, 2.45) is 0 Å². The van der Waals surface area contributed by atoms with E-state index in [1.807, 2.05) is 19.1 Å². The molecule has 0 fully saturated rings. The van der Waals surface area contributed by atoms with Crippen LogP contribution in [0.3, 0.4) is 0 Å². The van der Waals surface area contributed by atoms with E-state index in [0.717, 1.165) is 16.3 Å². The topological polar surface area (TPSA) is 115 Å². The van der Waals surface area contributed by atoms with E-state index in [2.05, 4.69) is 20.4 Å². The molecule has 9 nitrogen and oxygen atoms in total. The summed E-state index contributed by atoms with van der Waals surface area (Å²) in [7, 11) is 0. The minimum atomic E-state index is -2.87. The Morgan fingerprint density at radius 3 is 2.58 bits per heavy atom. The third-order valence-electron chi connectivity index (χ3n) is 5.54. The zero-order chi connectivity index (χ0) is 26.8. The van der Waals surface area contributed by atoms with Crippen LogP contribution in [0.15, 0.2) is 89.0 Å². The molecule has 0 radical (unpaired) electrons. The Labute approximate surface area is 218 Å². The summed E-state index contributed by atoms with van der Waals surface area (Å²) in [5.74, 6) is -0.706. The smallest absolute Gasteiger partial charge is 0.280 e. The van der Waals surface area contributed by atoms with Crippen LogP contribution in [0.5, 0.6) is 0 Å². The second-order valence-corrected chi connectivity index (χ2v) is 9.32. The minimum Gasteiger partial charge on any atom is -0.322 e. The fraction of sp³-hybridized carbons (Fsp3) is 0.0769. The third-order valence-corrected chi connectivity index (χ3v) is 6.46. The van der Waals surface area contributed by atoms with Crippen molar-refractivity contribution in [2.75, 3.05) is 5.32 Å². The number of hydrogen-bond acceptors (Lipinski definition) is 7. The zero-order valence-electron chi connectivity index (χ0n) is 19.7. The van der Waals surface area contributed by atoms with Crippen molar-refractivity contribution in [1.29, 1.82) is 0 Å². The SMILES string of the molecule is Cc1ccc(-c2cc(C(F)F)n3ncc(C(=O)Nc4cc(Sc5ccccn5)cc([N+](=O)[O-])c4)c3n2)cc1. The van der Waals surface area contributed by atoms with Crippen LogP contribution in [0, 0.1) is 17.0 Å². The Hall–Kier alpha value is -4.71. The van der Waals surface area contributed by atoms with Gasteiger partial charge in [-0.25, -0.2) is 23.3 Å². The number of rotatable bonds is 7. The van der Waals surface area contributed by atoms with Crippen molar-refractivity contribution >= 4 is 34.7 Å². The zero-order valence-corrected chi connectivity index (χ0v) is 20.5. The molecule has 12 heteroatoms. The first-order valence-corrected chi connectivity index (χ1v) is 12.0. The number of non-ortho nitro benzene ring substituents is 1. The Morgan fingerprint density at radius 1 is 1.11 bits per heavy atom. The number of aryl methyl sites for hydroxylation is 1. The van der Waals surface area contributed by atoms with Crippen molar-refractivity contribution in [3.63, 3.8) is 0 Å². The second kappa shape index (κ2) is 10.3. The van der Waals surface area contributed by atoms with E-state index in [0.29, 0.717) is 15.5 Å². The number of hydrogen-bond donors (Lipinski definition) is 1. The highest BCUT2D eigenvalue weighted by Gasteiger charge is 2.22. The quantitative estimate of drug-likeness (QED) is 0.192. The van der Waals surface area contributed by atoms with Crippen molar-refractivity contribution < 1.29 is 18.5 Å². The van der Waals surface area contributed by atoms with E-state index in [1.165, 1.54) is 30.0 Å². The number of halogens is 2. The van der Waals surface area contributed by atoms with Gasteiger partial charge in [0.15, 0.2) is 5.65 Å². The number of nitrogens with one attached hydrogen (secondary N) is 1. The summed E-state index contributed by atoms with van der Waals surface area (Å²) in [6.45, 7) is 1.90. The van der Waals surface area contributed by atoms with E-state index >= 15 is 0 Å². The molecule has 5 aromatic rings.